The van der Waals surface area contributed by atoms with Crippen molar-refractivity contribution in [2.45, 2.75) is 46.6 Å². The fourth-order valence-electron chi connectivity index (χ4n) is 2.21. The lowest BCUT2D eigenvalue weighted by molar-refractivity contribution is 0.371. The van der Waals surface area contributed by atoms with E-state index in [1.54, 1.807) is 7.11 Å². The van der Waals surface area contributed by atoms with Crippen molar-refractivity contribution in [3.05, 3.63) is 28.8 Å². The lowest BCUT2D eigenvalue weighted by Gasteiger charge is -2.23. The van der Waals surface area contributed by atoms with Crippen LogP contribution in [0.5, 0.6) is 5.75 Å². The molecule has 0 radical (unpaired) electrons. The summed E-state index contributed by atoms with van der Waals surface area (Å²) < 4.78 is 5.56. The van der Waals surface area contributed by atoms with Gasteiger partial charge in [0.1, 0.15) is 5.75 Å². The molecule has 1 rings (SSSR count). The van der Waals surface area contributed by atoms with Crippen LogP contribution in [0, 0.1) is 19.8 Å². The zero-order valence-corrected chi connectivity index (χ0v) is 12.2. The lowest BCUT2D eigenvalue weighted by Crippen LogP contribution is -2.29. The maximum absolute atomic E-state index is 5.71. The van der Waals surface area contributed by atoms with E-state index in [0.717, 1.165) is 24.2 Å². The van der Waals surface area contributed by atoms with Gasteiger partial charge in [-0.2, -0.15) is 0 Å². The molecule has 0 aliphatic rings. The molecule has 0 aliphatic heterocycles. The van der Waals surface area contributed by atoms with E-state index in [-0.39, 0.29) is 6.04 Å². The Morgan fingerprint density at radius 2 is 2.00 bits per heavy atom. The fraction of sp³-hybridized carbons (Fsp3) is 0.600. The summed E-state index contributed by atoms with van der Waals surface area (Å²) in [5.74, 6) is 7.31. The Morgan fingerprint density at radius 1 is 1.33 bits per heavy atom. The van der Waals surface area contributed by atoms with Crippen LogP contribution >= 0.6 is 0 Å². The van der Waals surface area contributed by atoms with Crippen LogP contribution in [-0.2, 0) is 0 Å². The molecule has 18 heavy (non-hydrogen) atoms. The van der Waals surface area contributed by atoms with Gasteiger partial charge in [-0.05, 0) is 37.3 Å². The monoisotopic (exact) mass is 250 g/mol. The van der Waals surface area contributed by atoms with Crippen molar-refractivity contribution in [1.82, 2.24) is 5.43 Å². The van der Waals surface area contributed by atoms with E-state index in [2.05, 4.69) is 45.3 Å². The molecule has 0 fully saturated rings. The molecule has 0 aliphatic carbocycles. The average Bonchev–Trinajstić information content (AvgIpc) is 2.38. The average molecular weight is 250 g/mol. The minimum atomic E-state index is 0.147. The second-order valence-electron chi connectivity index (χ2n) is 5.10. The van der Waals surface area contributed by atoms with Gasteiger partial charge in [0.15, 0.2) is 0 Å². The number of rotatable bonds is 6. The van der Waals surface area contributed by atoms with Gasteiger partial charge in [0.2, 0.25) is 0 Å². The highest BCUT2D eigenvalue weighted by atomic mass is 16.5. The summed E-state index contributed by atoms with van der Waals surface area (Å²) in [6.07, 6.45) is 2.18. The lowest BCUT2D eigenvalue weighted by atomic mass is 9.92. The maximum atomic E-state index is 5.71. The highest BCUT2D eigenvalue weighted by Crippen LogP contribution is 2.33. The van der Waals surface area contributed by atoms with Crippen molar-refractivity contribution in [3.8, 4) is 5.75 Å². The molecule has 0 amide bonds. The number of hydrogen-bond donors (Lipinski definition) is 2. The third kappa shape index (κ3) is 3.24. The maximum Gasteiger partial charge on any atom is 0.126 e. The topological polar surface area (TPSA) is 47.3 Å². The van der Waals surface area contributed by atoms with Gasteiger partial charge >= 0.3 is 0 Å². The Bertz CT molecular complexity index is 390. The number of hydrogen-bond acceptors (Lipinski definition) is 3. The Balaban J connectivity index is 3.09. The van der Waals surface area contributed by atoms with E-state index < -0.39 is 0 Å². The first kappa shape index (κ1) is 15.0. The molecule has 102 valence electrons. The van der Waals surface area contributed by atoms with Crippen LogP contribution in [-0.4, -0.2) is 7.11 Å². The molecule has 0 bridgehead atoms. The largest absolute Gasteiger partial charge is 0.496 e. The van der Waals surface area contributed by atoms with E-state index in [1.807, 2.05) is 0 Å². The van der Waals surface area contributed by atoms with E-state index in [9.17, 15) is 0 Å². The molecular formula is C15H26N2O. The van der Waals surface area contributed by atoms with E-state index in [4.69, 9.17) is 10.6 Å². The number of aryl methyl sites for hydroxylation is 1. The SMILES string of the molecule is CCC(C)CC(NN)c1ccc(C)c(C)c1OC. The van der Waals surface area contributed by atoms with Crippen LogP contribution in [0.2, 0.25) is 0 Å². The Kier molecular flexibility index (Phi) is 5.63. The van der Waals surface area contributed by atoms with E-state index in [1.165, 1.54) is 11.1 Å². The molecule has 3 nitrogen and oxygen atoms in total. The fourth-order valence-corrected chi connectivity index (χ4v) is 2.21. The number of methoxy groups -OCH3 is 1. The Labute approximate surface area is 111 Å². The number of hydrazine groups is 1. The van der Waals surface area contributed by atoms with Gasteiger partial charge in [-0.1, -0.05) is 32.4 Å². The summed E-state index contributed by atoms with van der Waals surface area (Å²) in [4.78, 5) is 0. The van der Waals surface area contributed by atoms with Crippen molar-refractivity contribution in [2.75, 3.05) is 7.11 Å². The van der Waals surface area contributed by atoms with Crippen molar-refractivity contribution < 1.29 is 4.74 Å². The molecule has 0 heterocycles. The van der Waals surface area contributed by atoms with Crippen molar-refractivity contribution >= 4 is 0 Å². The molecule has 0 saturated carbocycles. The molecule has 0 spiro atoms. The second kappa shape index (κ2) is 6.76. The molecule has 0 aromatic heterocycles. The van der Waals surface area contributed by atoms with Gasteiger partial charge in [-0.25, -0.2) is 0 Å². The quantitative estimate of drug-likeness (QED) is 0.602. The number of benzene rings is 1. The van der Waals surface area contributed by atoms with Gasteiger partial charge in [0.05, 0.1) is 7.11 Å². The van der Waals surface area contributed by atoms with Gasteiger partial charge in [-0.3, -0.25) is 11.3 Å². The van der Waals surface area contributed by atoms with Crippen LogP contribution in [0.15, 0.2) is 12.1 Å². The third-order valence-corrected chi connectivity index (χ3v) is 3.82. The van der Waals surface area contributed by atoms with E-state index >= 15 is 0 Å². The summed E-state index contributed by atoms with van der Waals surface area (Å²) in [7, 11) is 1.72. The number of ether oxygens (including phenoxy) is 1. The van der Waals surface area contributed by atoms with E-state index in [0.29, 0.717) is 5.92 Å². The summed E-state index contributed by atoms with van der Waals surface area (Å²) in [5.41, 5.74) is 6.52. The second-order valence-corrected chi connectivity index (χ2v) is 5.10. The van der Waals surface area contributed by atoms with Crippen LogP contribution in [0.25, 0.3) is 0 Å². The molecular weight excluding hydrogens is 224 g/mol. The normalized spacial score (nSPS) is 14.3. The minimum Gasteiger partial charge on any atom is -0.496 e. The van der Waals surface area contributed by atoms with Gasteiger partial charge in [0, 0.05) is 11.6 Å². The molecule has 0 saturated heterocycles. The molecule has 1 aromatic rings. The zero-order chi connectivity index (χ0) is 13.7. The highest BCUT2D eigenvalue weighted by molar-refractivity contribution is 5.46. The predicted octanol–water partition coefficient (Wildman–Crippen LogP) is 3.25. The van der Waals surface area contributed by atoms with Gasteiger partial charge in [-0.15, -0.1) is 0 Å². The summed E-state index contributed by atoms with van der Waals surface area (Å²) in [5, 5.41) is 0. The van der Waals surface area contributed by atoms with Crippen LogP contribution in [0.4, 0.5) is 0 Å². The first-order valence-corrected chi connectivity index (χ1v) is 6.65. The van der Waals surface area contributed by atoms with Crippen molar-refractivity contribution in [1.29, 1.82) is 0 Å². The van der Waals surface area contributed by atoms with Crippen molar-refractivity contribution in [2.24, 2.45) is 11.8 Å². The minimum absolute atomic E-state index is 0.147. The third-order valence-electron chi connectivity index (χ3n) is 3.82. The first-order valence-electron chi connectivity index (χ1n) is 6.65. The van der Waals surface area contributed by atoms with Gasteiger partial charge < -0.3 is 4.74 Å². The highest BCUT2D eigenvalue weighted by Gasteiger charge is 2.19. The van der Waals surface area contributed by atoms with Gasteiger partial charge in [0.25, 0.3) is 0 Å². The first-order chi connectivity index (χ1) is 8.54. The molecule has 3 heteroatoms. The smallest absolute Gasteiger partial charge is 0.126 e. The standard InChI is InChI=1S/C15H26N2O/c1-6-10(2)9-14(17-16)13-8-7-11(3)12(4)15(13)18-5/h7-8,10,14,17H,6,9,16H2,1-5H3. The summed E-state index contributed by atoms with van der Waals surface area (Å²) in [6, 6.07) is 4.40. The predicted molar refractivity (Wildman–Crippen MR) is 76.6 cm³/mol. The molecule has 3 N–H and O–H groups in total. The molecule has 2 unspecified atom stereocenters. The molecule has 2 atom stereocenters. The van der Waals surface area contributed by atoms with Crippen LogP contribution in [0.3, 0.4) is 0 Å². The number of nitrogens with one attached hydrogen (secondary N) is 1. The number of nitrogens with two attached hydrogens (primary N) is 1. The van der Waals surface area contributed by atoms with Crippen LogP contribution < -0.4 is 16.0 Å². The summed E-state index contributed by atoms with van der Waals surface area (Å²) in [6.45, 7) is 8.64. The van der Waals surface area contributed by atoms with Crippen LogP contribution in [0.1, 0.15) is 49.4 Å². The Hall–Kier alpha value is -1.06. The summed E-state index contributed by atoms with van der Waals surface area (Å²) >= 11 is 0. The molecule has 1 aromatic carbocycles. The van der Waals surface area contributed by atoms with Crippen molar-refractivity contribution in [3.63, 3.8) is 0 Å². The Morgan fingerprint density at radius 3 is 2.50 bits per heavy atom. The zero-order valence-electron chi connectivity index (χ0n) is 12.2.